The predicted octanol–water partition coefficient (Wildman–Crippen LogP) is 4.03. The number of hydrogen-bond donors (Lipinski definition) is 0. The van der Waals surface area contributed by atoms with Crippen LogP contribution in [0.4, 0.5) is 4.39 Å². The number of amides is 2. The van der Waals surface area contributed by atoms with Crippen molar-refractivity contribution >= 4 is 23.4 Å². The van der Waals surface area contributed by atoms with E-state index in [0.29, 0.717) is 56.6 Å². The van der Waals surface area contributed by atoms with Gasteiger partial charge in [0.1, 0.15) is 11.6 Å². The lowest BCUT2D eigenvalue weighted by atomic mass is 9.77. The first-order valence-electron chi connectivity index (χ1n) is 11.2. The number of rotatable bonds is 6. The zero-order valence-corrected chi connectivity index (χ0v) is 19.2. The molecular weight excluding hydrogens is 447 g/mol. The topological polar surface area (TPSA) is 59.1 Å². The van der Waals surface area contributed by atoms with Gasteiger partial charge in [-0.3, -0.25) is 9.59 Å². The van der Waals surface area contributed by atoms with Crippen LogP contribution < -0.4 is 4.74 Å². The molecule has 0 radical (unpaired) electrons. The second-order valence-corrected chi connectivity index (χ2v) is 9.16. The molecule has 0 N–H and O–H groups in total. The molecule has 6 nitrogen and oxygen atoms in total. The molecule has 0 spiro atoms. The minimum atomic E-state index is -0.575. The summed E-state index contributed by atoms with van der Waals surface area (Å²) >= 11 is 5.98. The van der Waals surface area contributed by atoms with Crippen molar-refractivity contribution in [1.29, 1.82) is 0 Å². The summed E-state index contributed by atoms with van der Waals surface area (Å²) in [6.07, 6.45) is 1.69. The Labute approximate surface area is 198 Å². The van der Waals surface area contributed by atoms with E-state index in [-0.39, 0.29) is 30.4 Å². The molecule has 1 atom stereocenters. The van der Waals surface area contributed by atoms with Crippen LogP contribution >= 0.6 is 11.6 Å². The van der Waals surface area contributed by atoms with Crippen molar-refractivity contribution in [3.8, 4) is 5.75 Å². The fourth-order valence-corrected chi connectivity index (χ4v) is 4.64. The Morgan fingerprint density at radius 3 is 2.48 bits per heavy atom. The van der Waals surface area contributed by atoms with Crippen LogP contribution in [0.15, 0.2) is 48.5 Å². The van der Waals surface area contributed by atoms with Crippen molar-refractivity contribution in [3.05, 3.63) is 64.9 Å². The van der Waals surface area contributed by atoms with Crippen LogP contribution in [0.2, 0.25) is 5.02 Å². The lowest BCUT2D eigenvalue weighted by molar-refractivity contribution is -0.139. The first-order chi connectivity index (χ1) is 16.0. The summed E-state index contributed by atoms with van der Waals surface area (Å²) in [4.78, 5) is 29.8. The molecular formula is C25H28ClFN2O4. The second-order valence-electron chi connectivity index (χ2n) is 8.72. The molecule has 2 aromatic rings. The number of hydrogen-bond acceptors (Lipinski definition) is 4. The summed E-state index contributed by atoms with van der Waals surface area (Å²) in [6.45, 7) is 3.28. The van der Waals surface area contributed by atoms with Gasteiger partial charge in [0, 0.05) is 43.0 Å². The Bertz CT molecular complexity index is 981. The summed E-state index contributed by atoms with van der Waals surface area (Å²) in [5, 5.41) is 0.610. The van der Waals surface area contributed by atoms with Gasteiger partial charge in [0.2, 0.25) is 5.91 Å². The number of benzene rings is 2. The van der Waals surface area contributed by atoms with E-state index in [1.54, 1.807) is 41.3 Å². The first-order valence-corrected chi connectivity index (χ1v) is 11.6. The monoisotopic (exact) mass is 474 g/mol. The fraction of sp³-hybridized carbons (Fsp3) is 0.440. The molecule has 2 aliphatic heterocycles. The van der Waals surface area contributed by atoms with Crippen LogP contribution in [0.1, 0.15) is 29.6 Å². The SMILES string of the molecule is O=C(C[C@@]1(COc2ccc(Cl)cc2)CCCN(C(=O)c2ccccc2F)C1)N1CCOCC1. The molecule has 0 saturated carbocycles. The minimum Gasteiger partial charge on any atom is -0.493 e. The highest BCUT2D eigenvalue weighted by atomic mass is 35.5. The highest BCUT2D eigenvalue weighted by molar-refractivity contribution is 6.30. The van der Waals surface area contributed by atoms with Crippen molar-refractivity contribution < 1.29 is 23.5 Å². The summed E-state index contributed by atoms with van der Waals surface area (Å²) in [5.74, 6) is -0.226. The summed E-state index contributed by atoms with van der Waals surface area (Å²) < 4.78 is 25.7. The third kappa shape index (κ3) is 5.84. The number of carbonyl (C=O) groups excluding carboxylic acids is 2. The van der Waals surface area contributed by atoms with Gasteiger partial charge < -0.3 is 19.3 Å². The molecule has 2 amide bonds. The maximum Gasteiger partial charge on any atom is 0.256 e. The second kappa shape index (κ2) is 10.5. The molecule has 0 unspecified atom stereocenters. The molecule has 2 heterocycles. The van der Waals surface area contributed by atoms with Gasteiger partial charge >= 0.3 is 0 Å². The van der Waals surface area contributed by atoms with Crippen LogP contribution in [-0.4, -0.2) is 67.6 Å². The molecule has 0 bridgehead atoms. The van der Waals surface area contributed by atoms with E-state index in [1.807, 2.05) is 4.90 Å². The third-order valence-electron chi connectivity index (χ3n) is 6.30. The van der Waals surface area contributed by atoms with E-state index in [2.05, 4.69) is 0 Å². The average Bonchev–Trinajstić information content (AvgIpc) is 2.84. The molecule has 8 heteroatoms. The first kappa shape index (κ1) is 23.5. The quantitative estimate of drug-likeness (QED) is 0.634. The largest absolute Gasteiger partial charge is 0.493 e. The zero-order chi connectivity index (χ0) is 23.3. The lowest BCUT2D eigenvalue weighted by Gasteiger charge is -2.43. The fourth-order valence-electron chi connectivity index (χ4n) is 4.51. The molecule has 2 aliphatic rings. The number of carbonyl (C=O) groups is 2. The highest BCUT2D eigenvalue weighted by Crippen LogP contribution is 2.36. The Hall–Kier alpha value is -2.64. The van der Waals surface area contributed by atoms with E-state index in [0.717, 1.165) is 6.42 Å². The Kier molecular flexibility index (Phi) is 7.50. The van der Waals surface area contributed by atoms with Gasteiger partial charge in [-0.15, -0.1) is 0 Å². The molecule has 4 rings (SSSR count). The van der Waals surface area contributed by atoms with E-state index >= 15 is 0 Å². The number of halogens is 2. The van der Waals surface area contributed by atoms with E-state index in [4.69, 9.17) is 21.1 Å². The van der Waals surface area contributed by atoms with Crippen LogP contribution in [0.3, 0.4) is 0 Å². The van der Waals surface area contributed by atoms with Crippen molar-refractivity contribution in [2.75, 3.05) is 46.0 Å². The predicted molar refractivity (Wildman–Crippen MR) is 123 cm³/mol. The molecule has 33 heavy (non-hydrogen) atoms. The number of nitrogens with zero attached hydrogens (tertiary/aromatic N) is 2. The van der Waals surface area contributed by atoms with Gasteiger partial charge in [0.25, 0.3) is 5.91 Å². The van der Waals surface area contributed by atoms with Crippen LogP contribution in [0, 0.1) is 11.2 Å². The summed E-state index contributed by atoms with van der Waals surface area (Å²) in [6, 6.07) is 13.1. The van der Waals surface area contributed by atoms with Crippen molar-refractivity contribution in [3.63, 3.8) is 0 Å². The summed E-state index contributed by atoms with van der Waals surface area (Å²) in [5.41, 5.74) is -0.528. The Balaban J connectivity index is 1.54. The van der Waals surface area contributed by atoms with Crippen molar-refractivity contribution in [2.24, 2.45) is 5.41 Å². The van der Waals surface area contributed by atoms with Gasteiger partial charge in [-0.05, 0) is 49.2 Å². The number of likely N-dealkylation sites (tertiary alicyclic amines) is 1. The van der Waals surface area contributed by atoms with Gasteiger partial charge in [-0.2, -0.15) is 0 Å². The third-order valence-corrected chi connectivity index (χ3v) is 6.55. The van der Waals surface area contributed by atoms with E-state index < -0.39 is 11.2 Å². The Morgan fingerprint density at radius 2 is 1.76 bits per heavy atom. The van der Waals surface area contributed by atoms with Crippen LogP contribution in [-0.2, 0) is 9.53 Å². The number of morpholine rings is 1. The molecule has 0 aliphatic carbocycles. The highest BCUT2D eigenvalue weighted by Gasteiger charge is 2.41. The standard InChI is InChI=1S/C25H28ClFN2O4/c26-19-6-8-20(9-7-19)33-18-25(16-23(30)28-12-14-32-15-13-28)10-3-11-29(17-25)24(31)21-4-1-2-5-22(21)27/h1-2,4-9H,3,10-18H2/t25-/m0/s1. The zero-order valence-electron chi connectivity index (χ0n) is 18.5. The Morgan fingerprint density at radius 1 is 1.03 bits per heavy atom. The summed E-state index contributed by atoms with van der Waals surface area (Å²) in [7, 11) is 0. The lowest BCUT2D eigenvalue weighted by Crippen LogP contribution is -2.52. The average molecular weight is 475 g/mol. The van der Waals surface area contributed by atoms with Crippen LogP contribution in [0.5, 0.6) is 5.75 Å². The molecule has 0 aromatic heterocycles. The maximum absolute atomic E-state index is 14.3. The van der Waals surface area contributed by atoms with E-state index in [1.165, 1.54) is 12.1 Å². The van der Waals surface area contributed by atoms with Crippen LogP contribution in [0.25, 0.3) is 0 Å². The molecule has 2 aromatic carbocycles. The van der Waals surface area contributed by atoms with Gasteiger partial charge in [-0.1, -0.05) is 23.7 Å². The minimum absolute atomic E-state index is 0.0261. The normalized spacial score (nSPS) is 21.0. The van der Waals surface area contributed by atoms with E-state index in [9.17, 15) is 14.0 Å². The smallest absolute Gasteiger partial charge is 0.256 e. The van der Waals surface area contributed by atoms with Crippen molar-refractivity contribution in [2.45, 2.75) is 19.3 Å². The van der Waals surface area contributed by atoms with Gasteiger partial charge in [0.15, 0.2) is 0 Å². The molecule has 176 valence electrons. The maximum atomic E-state index is 14.3. The van der Waals surface area contributed by atoms with Gasteiger partial charge in [-0.25, -0.2) is 4.39 Å². The number of piperidine rings is 1. The molecule has 2 fully saturated rings. The van der Waals surface area contributed by atoms with Gasteiger partial charge in [0.05, 0.1) is 25.4 Å². The molecule has 2 saturated heterocycles. The van der Waals surface area contributed by atoms with Crippen molar-refractivity contribution in [1.82, 2.24) is 9.80 Å². The number of ether oxygens (including phenoxy) is 2.